The van der Waals surface area contributed by atoms with Crippen LogP contribution in [0.15, 0.2) is 24.3 Å². The molecule has 1 aromatic carbocycles. The zero-order valence-electron chi connectivity index (χ0n) is 8.48. The summed E-state index contributed by atoms with van der Waals surface area (Å²) in [6, 6.07) is 7.69. The number of carboxylic acids is 1. The predicted octanol–water partition coefficient (Wildman–Crippen LogP) is 3.48. The van der Waals surface area contributed by atoms with Gasteiger partial charge in [0.05, 0.1) is 4.88 Å². The van der Waals surface area contributed by atoms with Gasteiger partial charge in [0.25, 0.3) is 0 Å². The third kappa shape index (κ3) is 2.05. The van der Waals surface area contributed by atoms with E-state index in [1.165, 1.54) is 11.3 Å². The number of aryl methyl sites for hydroxylation is 1. The van der Waals surface area contributed by atoms with Crippen LogP contribution in [0.5, 0.6) is 0 Å². The van der Waals surface area contributed by atoms with Crippen LogP contribution in [0.25, 0.3) is 10.4 Å². The first-order valence-electron chi connectivity index (χ1n) is 4.61. The van der Waals surface area contributed by atoms with Crippen molar-refractivity contribution in [3.05, 3.63) is 39.5 Å². The number of hydrogen-bond donors (Lipinski definition) is 2. The van der Waals surface area contributed by atoms with Gasteiger partial charge in [-0.15, -0.1) is 11.3 Å². The zero-order valence-corrected chi connectivity index (χ0v) is 10.1. The quantitative estimate of drug-likeness (QED) is 0.803. The summed E-state index contributed by atoms with van der Waals surface area (Å²) < 4.78 is 0.480. The van der Waals surface area contributed by atoms with Crippen LogP contribution in [-0.4, -0.2) is 16.1 Å². The molecule has 0 atom stereocenters. The van der Waals surface area contributed by atoms with E-state index in [2.05, 4.69) is 4.98 Å². The van der Waals surface area contributed by atoms with Crippen LogP contribution in [-0.2, 0) is 0 Å². The summed E-state index contributed by atoms with van der Waals surface area (Å²) in [7, 11) is 0. The van der Waals surface area contributed by atoms with Crippen LogP contribution in [0.4, 0.5) is 0 Å². The Balaban J connectivity index is 2.59. The normalized spacial score (nSPS) is 10.3. The first-order chi connectivity index (χ1) is 7.58. The van der Waals surface area contributed by atoms with Gasteiger partial charge in [0.1, 0.15) is 5.69 Å². The van der Waals surface area contributed by atoms with E-state index in [1.54, 1.807) is 0 Å². The van der Waals surface area contributed by atoms with Gasteiger partial charge in [-0.05, 0) is 24.7 Å². The van der Waals surface area contributed by atoms with Crippen molar-refractivity contribution in [3.63, 3.8) is 0 Å². The fourth-order valence-corrected chi connectivity index (χ4v) is 2.57. The Morgan fingerprint density at radius 2 is 2.00 bits per heavy atom. The van der Waals surface area contributed by atoms with Gasteiger partial charge in [0.15, 0.2) is 3.95 Å². The summed E-state index contributed by atoms with van der Waals surface area (Å²) in [4.78, 5) is 14.4. The molecule has 3 nitrogen and oxygen atoms in total. The molecule has 0 unspecified atom stereocenters. The van der Waals surface area contributed by atoms with Crippen LogP contribution in [0, 0.1) is 10.9 Å². The van der Waals surface area contributed by atoms with Gasteiger partial charge in [-0.25, -0.2) is 4.79 Å². The summed E-state index contributed by atoms with van der Waals surface area (Å²) in [6.07, 6.45) is 0. The number of thiazole rings is 1. The maximum absolute atomic E-state index is 11.0. The van der Waals surface area contributed by atoms with Crippen molar-refractivity contribution in [2.45, 2.75) is 6.92 Å². The Kier molecular flexibility index (Phi) is 2.89. The maximum atomic E-state index is 11.0. The molecule has 0 fully saturated rings. The van der Waals surface area contributed by atoms with E-state index >= 15 is 0 Å². The Bertz CT molecular complexity index is 581. The van der Waals surface area contributed by atoms with Crippen molar-refractivity contribution in [3.8, 4) is 10.4 Å². The van der Waals surface area contributed by atoms with Crippen molar-refractivity contribution in [2.24, 2.45) is 0 Å². The molecular weight excluding hydrogens is 242 g/mol. The van der Waals surface area contributed by atoms with Gasteiger partial charge in [0.2, 0.25) is 0 Å². The number of H-pyrrole nitrogens is 1. The zero-order chi connectivity index (χ0) is 11.7. The molecule has 1 aromatic heterocycles. The Hall–Kier alpha value is -1.46. The standard InChI is InChI=1S/C11H9NO2S2/c1-6-2-4-7(5-3-6)9-8(10(13)14)12-11(15)16-9/h2-5H,1H3,(H,12,15)(H,13,14). The van der Waals surface area contributed by atoms with Crippen molar-refractivity contribution in [2.75, 3.05) is 0 Å². The van der Waals surface area contributed by atoms with E-state index in [4.69, 9.17) is 17.3 Å². The molecule has 1 heterocycles. The van der Waals surface area contributed by atoms with E-state index in [0.29, 0.717) is 8.83 Å². The van der Waals surface area contributed by atoms with Crippen LogP contribution < -0.4 is 0 Å². The molecule has 2 rings (SSSR count). The molecule has 0 radical (unpaired) electrons. The molecule has 0 saturated heterocycles. The lowest BCUT2D eigenvalue weighted by atomic mass is 10.1. The Labute approximate surface area is 101 Å². The van der Waals surface area contributed by atoms with Gasteiger partial charge in [-0.1, -0.05) is 29.8 Å². The summed E-state index contributed by atoms with van der Waals surface area (Å²) in [6.45, 7) is 1.99. The van der Waals surface area contributed by atoms with Crippen molar-refractivity contribution < 1.29 is 9.90 Å². The van der Waals surface area contributed by atoms with E-state index in [1.807, 2.05) is 31.2 Å². The summed E-state index contributed by atoms with van der Waals surface area (Å²) >= 11 is 6.25. The fourth-order valence-electron chi connectivity index (χ4n) is 1.39. The van der Waals surface area contributed by atoms with Gasteiger partial charge in [-0.3, -0.25) is 0 Å². The van der Waals surface area contributed by atoms with E-state index in [9.17, 15) is 4.79 Å². The number of rotatable bonds is 2. The van der Waals surface area contributed by atoms with Crippen LogP contribution in [0.3, 0.4) is 0 Å². The highest BCUT2D eigenvalue weighted by molar-refractivity contribution is 7.73. The molecule has 0 saturated carbocycles. The molecule has 16 heavy (non-hydrogen) atoms. The van der Waals surface area contributed by atoms with Gasteiger partial charge in [-0.2, -0.15) is 0 Å². The molecule has 2 N–H and O–H groups in total. The number of aromatic carboxylic acids is 1. The first kappa shape index (κ1) is 11.0. The largest absolute Gasteiger partial charge is 0.477 e. The number of benzene rings is 1. The number of nitrogens with one attached hydrogen (secondary N) is 1. The second-order valence-corrected chi connectivity index (χ2v) is 5.08. The molecule has 0 bridgehead atoms. The maximum Gasteiger partial charge on any atom is 0.353 e. The second kappa shape index (κ2) is 4.19. The average Bonchev–Trinajstić information content (AvgIpc) is 2.61. The SMILES string of the molecule is Cc1ccc(-c2sc(=S)[nH]c2C(=O)O)cc1. The van der Waals surface area contributed by atoms with Gasteiger partial charge < -0.3 is 10.1 Å². The summed E-state index contributed by atoms with van der Waals surface area (Å²) in [5.74, 6) is -0.983. The number of carboxylic acid groups (broad SMARTS) is 1. The van der Waals surface area contributed by atoms with Crippen LogP contribution in [0.2, 0.25) is 0 Å². The molecule has 0 aliphatic carbocycles. The Morgan fingerprint density at radius 1 is 1.38 bits per heavy atom. The average molecular weight is 251 g/mol. The molecule has 5 heteroatoms. The molecule has 0 aliphatic rings. The number of carbonyl (C=O) groups is 1. The topological polar surface area (TPSA) is 53.1 Å². The lowest BCUT2D eigenvalue weighted by molar-refractivity contribution is 0.0692. The van der Waals surface area contributed by atoms with Crippen LogP contribution >= 0.6 is 23.6 Å². The molecule has 0 spiro atoms. The Morgan fingerprint density at radius 3 is 2.56 bits per heavy atom. The van der Waals surface area contributed by atoms with E-state index in [0.717, 1.165) is 11.1 Å². The molecule has 0 aliphatic heterocycles. The second-order valence-electron chi connectivity index (χ2n) is 3.39. The minimum Gasteiger partial charge on any atom is -0.477 e. The summed E-state index contributed by atoms with van der Waals surface area (Å²) in [5, 5.41) is 9.02. The first-order valence-corrected chi connectivity index (χ1v) is 5.84. The lowest BCUT2D eigenvalue weighted by Gasteiger charge is -1.99. The van der Waals surface area contributed by atoms with Gasteiger partial charge in [0, 0.05) is 0 Å². The van der Waals surface area contributed by atoms with Crippen molar-refractivity contribution in [1.82, 2.24) is 4.98 Å². The number of hydrogen-bond acceptors (Lipinski definition) is 3. The molecule has 0 amide bonds. The highest BCUT2D eigenvalue weighted by Gasteiger charge is 2.14. The summed E-state index contributed by atoms with van der Waals surface area (Å²) in [5.41, 5.74) is 2.18. The van der Waals surface area contributed by atoms with Crippen molar-refractivity contribution >= 4 is 29.5 Å². The van der Waals surface area contributed by atoms with E-state index < -0.39 is 5.97 Å². The monoisotopic (exact) mass is 251 g/mol. The minimum absolute atomic E-state index is 0.166. The third-order valence-corrected chi connectivity index (χ3v) is 3.46. The third-order valence-electron chi connectivity index (χ3n) is 2.18. The molecule has 82 valence electrons. The highest BCUT2D eigenvalue weighted by atomic mass is 32.1. The van der Waals surface area contributed by atoms with E-state index in [-0.39, 0.29) is 5.69 Å². The fraction of sp³-hybridized carbons (Fsp3) is 0.0909. The molecule has 2 aromatic rings. The number of aromatic nitrogens is 1. The lowest BCUT2D eigenvalue weighted by Crippen LogP contribution is -1.98. The molecular formula is C11H9NO2S2. The smallest absolute Gasteiger partial charge is 0.353 e. The highest BCUT2D eigenvalue weighted by Crippen LogP contribution is 2.28. The van der Waals surface area contributed by atoms with Crippen LogP contribution in [0.1, 0.15) is 16.1 Å². The predicted molar refractivity (Wildman–Crippen MR) is 66.6 cm³/mol. The number of aromatic amines is 1. The minimum atomic E-state index is -0.983. The van der Waals surface area contributed by atoms with Crippen molar-refractivity contribution in [1.29, 1.82) is 0 Å². The van der Waals surface area contributed by atoms with Gasteiger partial charge >= 0.3 is 5.97 Å².